The predicted molar refractivity (Wildman–Crippen MR) is 125 cm³/mol. The van der Waals surface area contributed by atoms with Gasteiger partial charge in [-0.1, -0.05) is 0 Å². The molecular formula is C24H27F5N8O2. The summed E-state index contributed by atoms with van der Waals surface area (Å²) in [5, 5.41) is 13.6. The van der Waals surface area contributed by atoms with Gasteiger partial charge in [0, 0.05) is 45.0 Å². The van der Waals surface area contributed by atoms with E-state index in [1.807, 2.05) is 0 Å². The summed E-state index contributed by atoms with van der Waals surface area (Å²) in [6.07, 6.45) is -0.772. The maximum Gasteiger partial charge on any atom is 0.393 e. The second-order valence-electron chi connectivity index (χ2n) is 10.3. The van der Waals surface area contributed by atoms with Crippen LogP contribution in [0.3, 0.4) is 0 Å². The number of piperidine rings is 1. The Morgan fingerprint density at radius 3 is 2.69 bits per heavy atom. The smallest absolute Gasteiger partial charge is 0.355 e. The maximum absolute atomic E-state index is 13.9. The molecule has 3 aromatic rings. The minimum atomic E-state index is -4.42. The van der Waals surface area contributed by atoms with Gasteiger partial charge in [0.2, 0.25) is 11.8 Å². The Hall–Kier alpha value is -3.65. The van der Waals surface area contributed by atoms with Crippen molar-refractivity contribution in [2.45, 2.75) is 56.7 Å². The van der Waals surface area contributed by atoms with Gasteiger partial charge in [0.15, 0.2) is 0 Å². The van der Waals surface area contributed by atoms with E-state index < -0.39 is 48.3 Å². The number of nitrogens with zero attached hydrogens (tertiary/aromatic N) is 6. The third-order valence-corrected chi connectivity index (χ3v) is 7.53. The number of aromatic nitrogens is 6. The first-order chi connectivity index (χ1) is 18.4. The normalized spacial score (nSPS) is 23.0. The van der Waals surface area contributed by atoms with Gasteiger partial charge < -0.3 is 10.6 Å². The van der Waals surface area contributed by atoms with Crippen LogP contribution >= 0.6 is 0 Å². The van der Waals surface area contributed by atoms with Crippen molar-refractivity contribution < 1.29 is 31.5 Å². The average molecular weight is 555 g/mol. The Morgan fingerprint density at radius 2 is 2.03 bits per heavy atom. The summed E-state index contributed by atoms with van der Waals surface area (Å²) in [5.41, 5.74) is 0.944. The molecule has 39 heavy (non-hydrogen) atoms. The van der Waals surface area contributed by atoms with Gasteiger partial charge in [0.05, 0.1) is 35.7 Å². The van der Waals surface area contributed by atoms with E-state index in [0.717, 1.165) is 0 Å². The van der Waals surface area contributed by atoms with Crippen LogP contribution in [0.1, 0.15) is 60.0 Å². The molecule has 2 N–H and O–H groups in total. The number of hydrogen-bond acceptors (Lipinski definition) is 6. The van der Waals surface area contributed by atoms with E-state index in [-0.39, 0.29) is 55.9 Å². The Balaban J connectivity index is 1.39. The van der Waals surface area contributed by atoms with Crippen molar-refractivity contribution in [1.82, 2.24) is 40.0 Å². The molecule has 10 nitrogen and oxygen atoms in total. The van der Waals surface area contributed by atoms with Gasteiger partial charge in [-0.25, -0.2) is 23.3 Å². The van der Waals surface area contributed by atoms with Gasteiger partial charge >= 0.3 is 6.18 Å². The molecule has 0 spiro atoms. The zero-order valence-electron chi connectivity index (χ0n) is 21.0. The molecule has 3 aromatic heterocycles. The summed E-state index contributed by atoms with van der Waals surface area (Å²) in [4.78, 5) is 33.9. The minimum absolute atomic E-state index is 0.0484. The van der Waals surface area contributed by atoms with Crippen molar-refractivity contribution in [1.29, 1.82) is 0 Å². The van der Waals surface area contributed by atoms with Crippen LogP contribution in [0.2, 0.25) is 0 Å². The van der Waals surface area contributed by atoms with Crippen LogP contribution in [0, 0.1) is 17.8 Å². The Bertz CT molecular complexity index is 1360. The second kappa shape index (κ2) is 10.2. The fourth-order valence-electron chi connectivity index (χ4n) is 5.30. The van der Waals surface area contributed by atoms with Gasteiger partial charge in [-0.3, -0.25) is 14.3 Å². The maximum atomic E-state index is 13.9. The summed E-state index contributed by atoms with van der Waals surface area (Å²) in [5.74, 6) is -6.40. The molecule has 1 saturated heterocycles. The zero-order valence-corrected chi connectivity index (χ0v) is 21.0. The van der Waals surface area contributed by atoms with Crippen molar-refractivity contribution in [2.24, 2.45) is 24.8 Å². The van der Waals surface area contributed by atoms with Crippen LogP contribution < -0.4 is 10.6 Å². The molecule has 2 amide bonds. The Labute approximate surface area is 219 Å². The van der Waals surface area contributed by atoms with Crippen LogP contribution in [-0.2, 0) is 18.3 Å². The van der Waals surface area contributed by atoms with Gasteiger partial charge in [0.1, 0.15) is 5.69 Å². The first-order valence-corrected chi connectivity index (χ1v) is 12.6. The van der Waals surface area contributed by atoms with Crippen molar-refractivity contribution in [3.05, 3.63) is 41.7 Å². The number of fused-ring (bicyclic) bond motifs is 1. The van der Waals surface area contributed by atoms with E-state index in [1.165, 1.54) is 33.9 Å². The molecule has 1 aliphatic heterocycles. The van der Waals surface area contributed by atoms with Gasteiger partial charge in [-0.05, 0) is 31.2 Å². The third-order valence-electron chi connectivity index (χ3n) is 7.53. The molecule has 5 rings (SSSR count). The summed E-state index contributed by atoms with van der Waals surface area (Å²) in [7, 11) is 1.61. The molecule has 2 aliphatic rings. The van der Waals surface area contributed by atoms with E-state index in [9.17, 15) is 31.5 Å². The highest BCUT2D eigenvalue weighted by molar-refractivity contribution is 5.92. The van der Waals surface area contributed by atoms with E-state index in [0.29, 0.717) is 11.4 Å². The molecule has 1 aliphatic carbocycles. The van der Waals surface area contributed by atoms with Crippen molar-refractivity contribution in [3.63, 3.8) is 0 Å². The molecule has 0 bridgehead atoms. The molecule has 2 fully saturated rings. The largest absolute Gasteiger partial charge is 0.393 e. The standard InChI is InChI=1S/C24H27F5N8O2/c1-36-18(4-7-32-36)21(39)34-19(13-2-5-23(25,26)6-3-13)17-12-37-22(33-17)31-11-16(35-37)9-14-8-15(24(27,28)29)10-30-20(14)38/h4,7,11-15,19H,2-3,5-6,8-10H2,1H3,(H,30,38)(H,34,39)/t14?,15-,19+/m1/s1. The molecule has 1 saturated carbocycles. The lowest BCUT2D eigenvalue weighted by Gasteiger charge is -2.33. The molecular weight excluding hydrogens is 527 g/mol. The topological polar surface area (TPSA) is 119 Å². The molecule has 210 valence electrons. The monoisotopic (exact) mass is 554 g/mol. The van der Waals surface area contributed by atoms with E-state index in [1.54, 1.807) is 7.05 Å². The highest BCUT2D eigenvalue weighted by Gasteiger charge is 2.45. The first-order valence-electron chi connectivity index (χ1n) is 12.6. The van der Waals surface area contributed by atoms with Crippen molar-refractivity contribution in [3.8, 4) is 0 Å². The molecule has 0 aromatic carbocycles. The Kier molecular flexibility index (Phi) is 7.01. The molecule has 4 heterocycles. The van der Waals surface area contributed by atoms with Crippen LogP contribution in [-0.4, -0.2) is 59.8 Å². The van der Waals surface area contributed by atoms with E-state index in [2.05, 4.69) is 30.8 Å². The number of carbonyl (C=O) groups is 2. The highest BCUT2D eigenvalue weighted by Crippen LogP contribution is 2.41. The van der Waals surface area contributed by atoms with Gasteiger partial charge in [0.25, 0.3) is 11.7 Å². The van der Waals surface area contributed by atoms with Crippen LogP contribution in [0.4, 0.5) is 22.0 Å². The summed E-state index contributed by atoms with van der Waals surface area (Å²) in [6.45, 7) is -0.451. The molecule has 1 unspecified atom stereocenters. The van der Waals surface area contributed by atoms with Crippen molar-refractivity contribution in [2.75, 3.05) is 6.54 Å². The quantitative estimate of drug-likeness (QED) is 0.453. The lowest BCUT2D eigenvalue weighted by atomic mass is 9.81. The zero-order chi connectivity index (χ0) is 27.9. The molecule has 3 atom stereocenters. The highest BCUT2D eigenvalue weighted by atomic mass is 19.4. The number of aryl methyl sites for hydroxylation is 1. The predicted octanol–water partition coefficient (Wildman–Crippen LogP) is 3.01. The van der Waals surface area contributed by atoms with Crippen LogP contribution in [0.5, 0.6) is 0 Å². The number of imidazole rings is 1. The number of hydrogen-bond donors (Lipinski definition) is 2. The average Bonchev–Trinajstić information content (AvgIpc) is 3.49. The first kappa shape index (κ1) is 26.9. The number of alkyl halides is 5. The lowest BCUT2D eigenvalue weighted by molar-refractivity contribution is -0.183. The van der Waals surface area contributed by atoms with E-state index >= 15 is 0 Å². The van der Waals surface area contributed by atoms with Crippen LogP contribution in [0.25, 0.3) is 5.78 Å². The van der Waals surface area contributed by atoms with Gasteiger partial charge in [-0.2, -0.15) is 23.4 Å². The van der Waals surface area contributed by atoms with Crippen molar-refractivity contribution >= 4 is 17.6 Å². The summed E-state index contributed by atoms with van der Waals surface area (Å²) in [6, 6.07) is 0.817. The fourth-order valence-corrected chi connectivity index (χ4v) is 5.30. The van der Waals surface area contributed by atoms with E-state index in [4.69, 9.17) is 0 Å². The number of carbonyl (C=O) groups excluding carboxylic acids is 2. The fraction of sp³-hybridized carbons (Fsp3) is 0.583. The number of rotatable bonds is 6. The molecule has 15 heteroatoms. The minimum Gasteiger partial charge on any atom is -0.355 e. The lowest BCUT2D eigenvalue weighted by Crippen LogP contribution is -2.47. The Morgan fingerprint density at radius 1 is 1.28 bits per heavy atom. The number of halogens is 5. The summed E-state index contributed by atoms with van der Waals surface area (Å²) < 4.78 is 70.1. The third kappa shape index (κ3) is 5.86. The molecule has 0 radical (unpaired) electrons. The van der Waals surface area contributed by atoms with Crippen LogP contribution in [0.15, 0.2) is 24.7 Å². The summed E-state index contributed by atoms with van der Waals surface area (Å²) >= 11 is 0. The number of amides is 2. The second-order valence-corrected chi connectivity index (χ2v) is 10.3. The SMILES string of the molecule is Cn1nccc1C(=O)N[C@H](c1cn2nc(CC3C[C@@H](C(F)(F)F)CNC3=O)cnc2n1)C1CCC(F)(F)CC1. The number of nitrogens with one attached hydrogen (secondary N) is 2. The van der Waals surface area contributed by atoms with Gasteiger partial charge in [-0.15, -0.1) is 0 Å².